The molecule has 1 saturated heterocycles. The van der Waals surface area contributed by atoms with Gasteiger partial charge in [0.2, 0.25) is 0 Å². The van der Waals surface area contributed by atoms with Crippen molar-refractivity contribution in [3.8, 4) is 0 Å². The zero-order valence-corrected chi connectivity index (χ0v) is 21.4. The van der Waals surface area contributed by atoms with E-state index in [2.05, 4.69) is 17.3 Å². The van der Waals surface area contributed by atoms with E-state index in [1.165, 1.54) is 7.11 Å². The number of hydrogen-bond acceptors (Lipinski definition) is 8. The van der Waals surface area contributed by atoms with E-state index in [1.54, 1.807) is 11.3 Å². The van der Waals surface area contributed by atoms with Crippen molar-refractivity contribution in [3.05, 3.63) is 51.9 Å². The van der Waals surface area contributed by atoms with Crippen molar-refractivity contribution < 1.29 is 28.5 Å². The lowest BCUT2D eigenvalue weighted by Gasteiger charge is -2.39. The summed E-state index contributed by atoms with van der Waals surface area (Å²) in [6.45, 7) is 3.88. The average Bonchev–Trinajstić information content (AvgIpc) is 3.47. The summed E-state index contributed by atoms with van der Waals surface area (Å²) in [4.78, 5) is 27.9. The highest BCUT2D eigenvalue weighted by Crippen LogP contribution is 2.42. The fraction of sp³-hybridized carbons (Fsp3) is 0.538. The van der Waals surface area contributed by atoms with E-state index >= 15 is 0 Å². The van der Waals surface area contributed by atoms with Gasteiger partial charge in [0.1, 0.15) is 6.61 Å². The summed E-state index contributed by atoms with van der Waals surface area (Å²) in [5.74, 6) is -0.749. The molecule has 0 unspecified atom stereocenters. The largest absolute Gasteiger partial charge is 0.465 e. The number of amides is 1. The molecule has 0 atom stereocenters. The third-order valence-corrected chi connectivity index (χ3v) is 8.26. The van der Waals surface area contributed by atoms with Crippen LogP contribution in [0.5, 0.6) is 0 Å². The van der Waals surface area contributed by atoms with Crippen LogP contribution >= 0.6 is 11.3 Å². The Morgan fingerprint density at radius 2 is 1.86 bits per heavy atom. The van der Waals surface area contributed by atoms with E-state index in [4.69, 9.17) is 18.9 Å². The number of anilines is 1. The minimum absolute atomic E-state index is 0.214. The molecule has 8 nitrogen and oxygen atoms in total. The van der Waals surface area contributed by atoms with Crippen LogP contribution in [0.2, 0.25) is 0 Å². The molecule has 4 rings (SSSR count). The molecule has 35 heavy (non-hydrogen) atoms. The number of esters is 1. The van der Waals surface area contributed by atoms with Gasteiger partial charge in [0, 0.05) is 43.8 Å². The minimum Gasteiger partial charge on any atom is -0.465 e. The second kappa shape index (κ2) is 11.4. The van der Waals surface area contributed by atoms with E-state index in [-0.39, 0.29) is 12.6 Å². The number of carbonyl (C=O) groups is 2. The molecule has 1 aromatic heterocycles. The number of hydrogen-bond donors (Lipinski definition) is 1. The molecule has 2 aliphatic rings. The summed E-state index contributed by atoms with van der Waals surface area (Å²) >= 11 is 1.59. The molecule has 0 radical (unpaired) electrons. The van der Waals surface area contributed by atoms with Gasteiger partial charge in [-0.05, 0) is 30.9 Å². The molecule has 1 aromatic carbocycles. The summed E-state index contributed by atoms with van der Waals surface area (Å²) in [7, 11) is 3.48. The van der Waals surface area contributed by atoms with Crippen molar-refractivity contribution in [1.82, 2.24) is 5.32 Å². The van der Waals surface area contributed by atoms with Crippen molar-refractivity contribution in [2.24, 2.45) is 0 Å². The number of alkyl carbamates (subject to hydrolysis) is 1. The molecule has 2 heterocycles. The molecular formula is C26H34N2O6S. The Bertz CT molecular complexity index is 1010. The van der Waals surface area contributed by atoms with Gasteiger partial charge < -0.3 is 29.2 Å². The summed E-state index contributed by atoms with van der Waals surface area (Å²) in [5, 5.41) is 3.84. The second-order valence-corrected chi connectivity index (χ2v) is 10.1. The van der Waals surface area contributed by atoms with Crippen LogP contribution in [0.4, 0.5) is 9.80 Å². The quantitative estimate of drug-likeness (QED) is 0.534. The molecule has 190 valence electrons. The highest BCUT2D eigenvalue weighted by Gasteiger charge is 2.41. The van der Waals surface area contributed by atoms with Crippen molar-refractivity contribution in [1.29, 1.82) is 0 Å². The molecule has 1 N–H and O–H groups in total. The predicted molar refractivity (Wildman–Crippen MR) is 134 cm³/mol. The number of benzene rings is 1. The molecule has 2 aromatic rings. The Balaban J connectivity index is 1.37. The van der Waals surface area contributed by atoms with Crippen LogP contribution in [0.15, 0.2) is 30.3 Å². The lowest BCUT2D eigenvalue weighted by molar-refractivity contribution is -0.178. The molecule has 0 bridgehead atoms. The Morgan fingerprint density at radius 1 is 1.17 bits per heavy atom. The van der Waals surface area contributed by atoms with Gasteiger partial charge >= 0.3 is 12.1 Å². The first kappa shape index (κ1) is 25.5. The van der Waals surface area contributed by atoms with Crippen LogP contribution in [0.3, 0.4) is 0 Å². The second-order valence-electron chi connectivity index (χ2n) is 9.01. The van der Waals surface area contributed by atoms with E-state index in [0.29, 0.717) is 37.8 Å². The maximum Gasteiger partial charge on any atom is 0.407 e. The van der Waals surface area contributed by atoms with Gasteiger partial charge in [-0.15, -0.1) is 11.3 Å². The normalized spacial score (nSPS) is 17.3. The number of rotatable bonds is 8. The highest BCUT2D eigenvalue weighted by atomic mass is 32.1. The van der Waals surface area contributed by atoms with Crippen LogP contribution in [-0.4, -0.2) is 57.8 Å². The maximum atomic E-state index is 12.6. The van der Waals surface area contributed by atoms with Gasteiger partial charge in [-0.2, -0.15) is 0 Å². The van der Waals surface area contributed by atoms with Crippen molar-refractivity contribution >= 4 is 28.4 Å². The van der Waals surface area contributed by atoms with E-state index in [9.17, 15) is 9.59 Å². The molecule has 1 saturated carbocycles. The first-order valence-electron chi connectivity index (χ1n) is 12.1. The number of ether oxygens (including phenoxy) is 4. The SMILES string of the molecule is COC(=O)c1c(CCNC(=O)OCc2ccccc2)sc(N(C)C2CCC3(CC2)OCCO3)c1C. The number of carbonyl (C=O) groups excluding carboxylic acids is 2. The molecule has 2 fully saturated rings. The van der Waals surface area contributed by atoms with Gasteiger partial charge in [0.25, 0.3) is 0 Å². The molecule has 1 aliphatic heterocycles. The third-order valence-electron chi connectivity index (χ3n) is 6.82. The fourth-order valence-electron chi connectivity index (χ4n) is 4.88. The average molecular weight is 503 g/mol. The highest BCUT2D eigenvalue weighted by molar-refractivity contribution is 7.16. The Hall–Kier alpha value is -2.62. The summed E-state index contributed by atoms with van der Waals surface area (Å²) in [6, 6.07) is 9.88. The topological polar surface area (TPSA) is 86.3 Å². The maximum absolute atomic E-state index is 12.6. The molecule has 1 aliphatic carbocycles. The summed E-state index contributed by atoms with van der Waals surface area (Å²) in [5.41, 5.74) is 2.44. The summed E-state index contributed by atoms with van der Waals surface area (Å²) in [6.07, 6.45) is 3.71. The molecular weight excluding hydrogens is 468 g/mol. The lowest BCUT2D eigenvalue weighted by atomic mass is 9.89. The van der Waals surface area contributed by atoms with Crippen molar-refractivity contribution in [2.75, 3.05) is 38.8 Å². The Labute approximate surface area is 210 Å². The van der Waals surface area contributed by atoms with Gasteiger partial charge in [0.15, 0.2) is 5.79 Å². The zero-order valence-electron chi connectivity index (χ0n) is 20.6. The van der Waals surface area contributed by atoms with E-state index in [0.717, 1.165) is 46.7 Å². The first-order chi connectivity index (χ1) is 16.9. The lowest BCUT2D eigenvalue weighted by Crippen LogP contribution is -2.42. The van der Waals surface area contributed by atoms with Gasteiger partial charge in [-0.25, -0.2) is 9.59 Å². The Morgan fingerprint density at radius 3 is 2.51 bits per heavy atom. The first-order valence-corrected chi connectivity index (χ1v) is 12.9. The van der Waals surface area contributed by atoms with Crippen LogP contribution in [0.1, 0.15) is 52.0 Å². The third kappa shape index (κ3) is 5.97. The monoisotopic (exact) mass is 502 g/mol. The van der Waals surface area contributed by atoms with Crippen LogP contribution < -0.4 is 10.2 Å². The van der Waals surface area contributed by atoms with Crippen LogP contribution in [-0.2, 0) is 32.0 Å². The molecule has 1 spiro atoms. The molecule has 9 heteroatoms. The zero-order chi connectivity index (χ0) is 24.8. The van der Waals surface area contributed by atoms with Crippen molar-refractivity contribution in [2.45, 2.75) is 57.5 Å². The van der Waals surface area contributed by atoms with Crippen molar-refractivity contribution in [3.63, 3.8) is 0 Å². The van der Waals surface area contributed by atoms with Gasteiger partial charge in [-0.3, -0.25) is 0 Å². The number of nitrogens with zero attached hydrogens (tertiary/aromatic N) is 1. The smallest absolute Gasteiger partial charge is 0.407 e. The van der Waals surface area contributed by atoms with E-state index in [1.807, 2.05) is 37.3 Å². The van der Waals surface area contributed by atoms with Crippen LogP contribution in [0.25, 0.3) is 0 Å². The Kier molecular flexibility index (Phi) is 8.30. The minimum atomic E-state index is -0.480. The number of thiophene rings is 1. The predicted octanol–water partition coefficient (Wildman–Crippen LogP) is 4.43. The molecule has 1 amide bonds. The van der Waals surface area contributed by atoms with Crippen LogP contribution in [0, 0.1) is 6.92 Å². The fourth-order valence-corrected chi connectivity index (χ4v) is 6.20. The van der Waals surface area contributed by atoms with Gasteiger partial charge in [0.05, 0.1) is 30.9 Å². The number of methoxy groups -OCH3 is 1. The van der Waals surface area contributed by atoms with Gasteiger partial charge in [-0.1, -0.05) is 30.3 Å². The summed E-state index contributed by atoms with van der Waals surface area (Å²) < 4.78 is 22.1. The van der Waals surface area contributed by atoms with E-state index < -0.39 is 11.9 Å². The number of nitrogens with one attached hydrogen (secondary N) is 1. The standard InChI is InChI=1S/C26H34N2O6S/c1-18-22(24(29)31-3)21(11-14-27-25(30)32-17-19-7-5-4-6-8-19)35-23(18)28(2)20-9-12-26(13-10-20)33-15-16-34-26/h4-8,20H,9-17H2,1-3H3,(H,27,30).